The number of ether oxygens (including phenoxy) is 1. The summed E-state index contributed by atoms with van der Waals surface area (Å²) >= 11 is 0. The quantitative estimate of drug-likeness (QED) is 0.627. The molecular formula is C16H28O3. The first-order chi connectivity index (χ1) is 8.54. The van der Waals surface area contributed by atoms with Crippen molar-refractivity contribution in [2.75, 3.05) is 0 Å². The van der Waals surface area contributed by atoms with E-state index >= 15 is 0 Å². The van der Waals surface area contributed by atoms with Crippen LogP contribution in [0.1, 0.15) is 60.3 Å². The van der Waals surface area contributed by atoms with Gasteiger partial charge in [0.25, 0.3) is 0 Å². The van der Waals surface area contributed by atoms with Crippen LogP contribution in [0.15, 0.2) is 12.2 Å². The third kappa shape index (κ3) is 4.34. The van der Waals surface area contributed by atoms with Crippen molar-refractivity contribution in [3.63, 3.8) is 0 Å². The Morgan fingerprint density at radius 1 is 1.11 bits per heavy atom. The van der Waals surface area contributed by atoms with E-state index in [2.05, 4.69) is 6.58 Å². The van der Waals surface area contributed by atoms with Gasteiger partial charge in [0.05, 0.1) is 5.60 Å². The minimum Gasteiger partial charge on any atom is -0.456 e. The molecule has 1 rings (SSSR count). The van der Waals surface area contributed by atoms with Gasteiger partial charge in [0.1, 0.15) is 5.60 Å². The number of carbonyl (C=O) groups is 1. The van der Waals surface area contributed by atoms with Crippen molar-refractivity contribution in [1.29, 1.82) is 0 Å². The highest BCUT2D eigenvalue weighted by molar-refractivity contribution is 5.87. The zero-order valence-electron chi connectivity index (χ0n) is 13.0. The summed E-state index contributed by atoms with van der Waals surface area (Å²) in [6, 6.07) is 0. The number of carbonyl (C=O) groups excluding carboxylic acids is 1. The lowest BCUT2D eigenvalue weighted by Crippen LogP contribution is -2.42. The standard InChI is InChI=1S/C16H28O3/c1-11(2)14(17)19-16(5,6)13-9-7-12(8-10-13)15(3,4)18/h12-13,18H,1,7-10H2,2-6H3. The molecule has 0 atom stereocenters. The van der Waals surface area contributed by atoms with Gasteiger partial charge in [-0.3, -0.25) is 0 Å². The Morgan fingerprint density at radius 2 is 1.53 bits per heavy atom. The van der Waals surface area contributed by atoms with Gasteiger partial charge in [0.2, 0.25) is 0 Å². The van der Waals surface area contributed by atoms with Gasteiger partial charge < -0.3 is 9.84 Å². The molecule has 0 aromatic rings. The van der Waals surface area contributed by atoms with Gasteiger partial charge in [-0.05, 0) is 72.1 Å². The predicted molar refractivity (Wildman–Crippen MR) is 76.7 cm³/mol. The van der Waals surface area contributed by atoms with Gasteiger partial charge in [0.15, 0.2) is 0 Å². The first-order valence-corrected chi connectivity index (χ1v) is 7.15. The summed E-state index contributed by atoms with van der Waals surface area (Å²) in [7, 11) is 0. The predicted octanol–water partition coefficient (Wildman–Crippen LogP) is 3.46. The fourth-order valence-electron chi connectivity index (χ4n) is 2.90. The third-order valence-electron chi connectivity index (χ3n) is 4.41. The summed E-state index contributed by atoms with van der Waals surface area (Å²) in [5.74, 6) is 0.389. The van der Waals surface area contributed by atoms with E-state index in [1.807, 2.05) is 27.7 Å². The maximum atomic E-state index is 11.7. The summed E-state index contributed by atoms with van der Waals surface area (Å²) in [6.07, 6.45) is 3.96. The van der Waals surface area contributed by atoms with E-state index in [1.165, 1.54) is 0 Å². The van der Waals surface area contributed by atoms with E-state index in [4.69, 9.17) is 4.74 Å². The Hall–Kier alpha value is -0.830. The maximum Gasteiger partial charge on any atom is 0.333 e. The van der Waals surface area contributed by atoms with Crippen molar-refractivity contribution in [2.24, 2.45) is 11.8 Å². The summed E-state index contributed by atoms with van der Waals surface area (Å²) in [5, 5.41) is 10.1. The number of hydrogen-bond donors (Lipinski definition) is 1. The summed E-state index contributed by atoms with van der Waals surface area (Å²) in [5.41, 5.74) is -0.623. The minimum absolute atomic E-state index is 0.311. The van der Waals surface area contributed by atoms with Gasteiger partial charge >= 0.3 is 5.97 Å². The average Bonchev–Trinajstić information content (AvgIpc) is 2.27. The van der Waals surface area contributed by atoms with Crippen LogP contribution in [-0.4, -0.2) is 22.3 Å². The average molecular weight is 268 g/mol. The zero-order valence-corrected chi connectivity index (χ0v) is 13.0. The van der Waals surface area contributed by atoms with Crippen LogP contribution in [0.25, 0.3) is 0 Å². The Morgan fingerprint density at radius 3 is 1.89 bits per heavy atom. The van der Waals surface area contributed by atoms with Gasteiger partial charge in [-0.25, -0.2) is 4.79 Å². The van der Waals surface area contributed by atoms with E-state index in [0.717, 1.165) is 25.7 Å². The Kier molecular flexibility index (Phi) is 4.83. The van der Waals surface area contributed by atoms with Crippen molar-refractivity contribution in [3.8, 4) is 0 Å². The lowest BCUT2D eigenvalue weighted by Gasteiger charge is -2.41. The molecule has 0 heterocycles. The molecule has 0 saturated heterocycles. The molecule has 0 amide bonds. The molecule has 1 N–H and O–H groups in total. The first kappa shape index (κ1) is 16.2. The highest BCUT2D eigenvalue weighted by atomic mass is 16.6. The molecule has 0 bridgehead atoms. The highest BCUT2D eigenvalue weighted by Crippen LogP contribution is 2.40. The molecule has 0 aromatic carbocycles. The lowest BCUT2D eigenvalue weighted by atomic mass is 9.70. The number of aliphatic hydroxyl groups is 1. The summed E-state index contributed by atoms with van der Waals surface area (Å²) in [4.78, 5) is 11.7. The van der Waals surface area contributed by atoms with Crippen LogP contribution in [0.3, 0.4) is 0 Å². The Labute approximate surface area is 117 Å². The van der Waals surface area contributed by atoms with Crippen LogP contribution >= 0.6 is 0 Å². The SMILES string of the molecule is C=C(C)C(=O)OC(C)(C)C1CCC(C(C)(C)O)CC1. The normalized spacial score (nSPS) is 24.9. The second kappa shape index (κ2) is 5.66. The molecule has 19 heavy (non-hydrogen) atoms. The van der Waals surface area contributed by atoms with Gasteiger partial charge in [-0.15, -0.1) is 0 Å². The van der Waals surface area contributed by atoms with Crippen LogP contribution in [0.2, 0.25) is 0 Å². The second-order valence-electron chi connectivity index (χ2n) is 6.98. The zero-order chi connectivity index (χ0) is 14.8. The number of hydrogen-bond acceptors (Lipinski definition) is 3. The largest absolute Gasteiger partial charge is 0.456 e. The molecule has 1 aliphatic carbocycles. The highest BCUT2D eigenvalue weighted by Gasteiger charge is 2.39. The topological polar surface area (TPSA) is 46.5 Å². The van der Waals surface area contributed by atoms with Crippen molar-refractivity contribution in [1.82, 2.24) is 0 Å². The van der Waals surface area contributed by atoms with Crippen molar-refractivity contribution in [3.05, 3.63) is 12.2 Å². The van der Waals surface area contributed by atoms with Crippen LogP contribution in [0, 0.1) is 11.8 Å². The van der Waals surface area contributed by atoms with Gasteiger partial charge in [0, 0.05) is 5.57 Å². The monoisotopic (exact) mass is 268 g/mol. The smallest absolute Gasteiger partial charge is 0.333 e. The van der Waals surface area contributed by atoms with Crippen molar-refractivity contribution < 1.29 is 14.6 Å². The van der Waals surface area contributed by atoms with E-state index in [1.54, 1.807) is 6.92 Å². The molecule has 0 aromatic heterocycles. The Balaban J connectivity index is 2.59. The van der Waals surface area contributed by atoms with E-state index in [0.29, 0.717) is 17.4 Å². The molecule has 110 valence electrons. The number of rotatable bonds is 4. The van der Waals surface area contributed by atoms with Crippen LogP contribution in [0.5, 0.6) is 0 Å². The fourth-order valence-corrected chi connectivity index (χ4v) is 2.90. The molecule has 0 aliphatic heterocycles. The maximum absolute atomic E-state index is 11.7. The lowest BCUT2D eigenvalue weighted by molar-refractivity contribution is -0.159. The van der Waals surface area contributed by atoms with E-state index in [9.17, 15) is 9.90 Å². The fraction of sp³-hybridized carbons (Fsp3) is 0.812. The van der Waals surface area contributed by atoms with E-state index in [-0.39, 0.29) is 5.97 Å². The van der Waals surface area contributed by atoms with Crippen LogP contribution < -0.4 is 0 Å². The summed E-state index contributed by atoms with van der Waals surface area (Å²) < 4.78 is 5.56. The third-order valence-corrected chi connectivity index (χ3v) is 4.41. The molecule has 3 nitrogen and oxygen atoms in total. The first-order valence-electron chi connectivity index (χ1n) is 7.15. The molecular weight excluding hydrogens is 240 g/mol. The molecule has 3 heteroatoms. The molecule has 1 fully saturated rings. The van der Waals surface area contributed by atoms with Crippen LogP contribution in [-0.2, 0) is 9.53 Å². The molecule has 1 saturated carbocycles. The molecule has 0 radical (unpaired) electrons. The Bertz CT molecular complexity index is 341. The van der Waals surface area contributed by atoms with Crippen molar-refractivity contribution >= 4 is 5.97 Å². The molecule has 0 unspecified atom stereocenters. The van der Waals surface area contributed by atoms with Gasteiger partial charge in [-0.1, -0.05) is 6.58 Å². The minimum atomic E-state index is -0.608. The number of esters is 1. The van der Waals surface area contributed by atoms with E-state index < -0.39 is 11.2 Å². The molecule has 1 aliphatic rings. The molecule has 0 spiro atoms. The van der Waals surface area contributed by atoms with Crippen molar-refractivity contribution in [2.45, 2.75) is 71.5 Å². The van der Waals surface area contributed by atoms with Gasteiger partial charge in [-0.2, -0.15) is 0 Å². The second-order valence-corrected chi connectivity index (χ2v) is 6.98. The summed E-state index contributed by atoms with van der Waals surface area (Å²) in [6.45, 7) is 13.0. The van der Waals surface area contributed by atoms with Crippen LogP contribution in [0.4, 0.5) is 0 Å².